The van der Waals surface area contributed by atoms with Crippen molar-refractivity contribution in [1.29, 1.82) is 0 Å². The second-order valence-electron chi connectivity index (χ2n) is 13.5. The summed E-state index contributed by atoms with van der Waals surface area (Å²) in [4.78, 5) is 27.3. The van der Waals surface area contributed by atoms with Crippen molar-refractivity contribution in [2.45, 2.75) is 104 Å². The highest BCUT2D eigenvalue weighted by Gasteiger charge is 2.78. The van der Waals surface area contributed by atoms with E-state index in [0.717, 1.165) is 18.4 Å². The molecule has 0 aromatic rings. The molecule has 32 heavy (non-hydrogen) atoms. The summed E-state index contributed by atoms with van der Waals surface area (Å²) in [5, 5.41) is 0.0237. The van der Waals surface area contributed by atoms with Crippen molar-refractivity contribution >= 4 is 20.3 Å². The number of ether oxygens (including phenoxy) is 2. The zero-order chi connectivity index (χ0) is 23.6. The van der Waals surface area contributed by atoms with Crippen LogP contribution in [-0.4, -0.2) is 38.1 Å². The molecule has 1 heterocycles. The molecule has 6 heteroatoms. The second kappa shape index (κ2) is 6.29. The Bertz CT molecular complexity index is 914. The van der Waals surface area contributed by atoms with Crippen LogP contribution in [0.4, 0.5) is 4.79 Å². The van der Waals surface area contributed by atoms with E-state index in [2.05, 4.69) is 67.6 Å². The lowest BCUT2D eigenvalue weighted by Gasteiger charge is -2.43. The summed E-state index contributed by atoms with van der Waals surface area (Å²) >= 11 is 0. The lowest BCUT2D eigenvalue weighted by atomic mass is 9.64. The molecule has 178 valence electrons. The molecule has 5 nitrogen and oxygen atoms in total. The van der Waals surface area contributed by atoms with Crippen molar-refractivity contribution in [2.75, 3.05) is 0 Å². The molecule has 0 N–H and O–H groups in total. The highest BCUT2D eigenvalue weighted by molar-refractivity contribution is 6.74. The molecule has 0 unspecified atom stereocenters. The van der Waals surface area contributed by atoms with E-state index in [4.69, 9.17) is 13.9 Å². The highest BCUT2D eigenvalue weighted by Crippen LogP contribution is 2.72. The van der Waals surface area contributed by atoms with E-state index < -0.39 is 31.6 Å². The SMILES string of the molecule is CC1=C[C@]23CC[C@@H]4[C@H]([C@@H](C2=O)[C@H](O[Si](C)(C)C(C)(C)C)[C@H](C)[C@H]2OC(=O)O[C@]23C1)C4(C)C. The maximum absolute atomic E-state index is 14.7. The van der Waals surface area contributed by atoms with Gasteiger partial charge in [-0.1, -0.05) is 53.2 Å². The largest absolute Gasteiger partial charge is 0.509 e. The van der Waals surface area contributed by atoms with Crippen molar-refractivity contribution in [3.8, 4) is 0 Å². The molecular formula is C26H40O5Si. The monoisotopic (exact) mass is 460 g/mol. The van der Waals surface area contributed by atoms with Crippen LogP contribution in [0.15, 0.2) is 11.6 Å². The van der Waals surface area contributed by atoms with Gasteiger partial charge >= 0.3 is 6.16 Å². The van der Waals surface area contributed by atoms with Gasteiger partial charge in [0.05, 0.1) is 11.5 Å². The van der Waals surface area contributed by atoms with Gasteiger partial charge in [-0.25, -0.2) is 4.79 Å². The van der Waals surface area contributed by atoms with Crippen LogP contribution in [0.25, 0.3) is 0 Å². The predicted octanol–water partition coefficient (Wildman–Crippen LogP) is 5.89. The number of Topliss-reactive ketones (excluding diaryl/α,β-unsaturated/α-hetero) is 1. The number of ketones is 1. The number of hydrogen-bond donors (Lipinski definition) is 0. The van der Waals surface area contributed by atoms with Crippen LogP contribution < -0.4 is 0 Å². The third-order valence-corrected chi connectivity index (χ3v) is 14.9. The summed E-state index contributed by atoms with van der Waals surface area (Å²) < 4.78 is 19.1. The van der Waals surface area contributed by atoms with Crippen molar-refractivity contribution < 1.29 is 23.5 Å². The number of carbonyl (C=O) groups is 2. The molecule has 3 saturated carbocycles. The number of fused-ring (bicyclic) bond motifs is 3. The van der Waals surface area contributed by atoms with E-state index in [9.17, 15) is 9.59 Å². The summed E-state index contributed by atoms with van der Waals surface area (Å²) in [6, 6.07) is 0. The molecular weight excluding hydrogens is 420 g/mol. The van der Waals surface area contributed by atoms with Crippen molar-refractivity contribution in [1.82, 2.24) is 0 Å². The molecule has 0 aromatic carbocycles. The predicted molar refractivity (Wildman–Crippen MR) is 125 cm³/mol. The second-order valence-corrected chi connectivity index (χ2v) is 18.3. The van der Waals surface area contributed by atoms with Gasteiger partial charge in [-0.15, -0.1) is 0 Å². The zero-order valence-corrected chi connectivity index (χ0v) is 22.2. The number of rotatable bonds is 2. The molecule has 1 aliphatic heterocycles. The van der Waals surface area contributed by atoms with Crippen LogP contribution in [0, 0.1) is 34.5 Å². The van der Waals surface area contributed by atoms with Crippen molar-refractivity contribution in [3.63, 3.8) is 0 Å². The first-order chi connectivity index (χ1) is 14.6. The Hall–Kier alpha value is -1.14. The highest BCUT2D eigenvalue weighted by atomic mass is 28.4. The molecule has 1 saturated heterocycles. The smallest absolute Gasteiger partial charge is 0.426 e. The third-order valence-electron chi connectivity index (χ3n) is 10.4. The Balaban J connectivity index is 1.70. The average molecular weight is 461 g/mol. The Labute approximate surface area is 193 Å². The van der Waals surface area contributed by atoms with Crippen molar-refractivity contribution in [2.24, 2.45) is 34.5 Å². The first-order valence-electron chi connectivity index (χ1n) is 12.4. The van der Waals surface area contributed by atoms with Crippen LogP contribution in [0.5, 0.6) is 0 Å². The fourth-order valence-corrected chi connectivity index (χ4v) is 9.14. The Kier molecular flexibility index (Phi) is 4.45. The minimum absolute atomic E-state index is 0.0237. The van der Waals surface area contributed by atoms with Crippen LogP contribution in [0.1, 0.15) is 67.7 Å². The van der Waals surface area contributed by atoms with Gasteiger partial charge in [0.25, 0.3) is 0 Å². The Morgan fingerprint density at radius 3 is 2.47 bits per heavy atom. The fraction of sp³-hybridized carbons (Fsp3) is 0.846. The topological polar surface area (TPSA) is 61.8 Å². The van der Waals surface area contributed by atoms with Gasteiger partial charge in [0.15, 0.2) is 25.8 Å². The van der Waals surface area contributed by atoms with Crippen LogP contribution >= 0.6 is 0 Å². The van der Waals surface area contributed by atoms with Gasteiger partial charge in [-0.05, 0) is 55.1 Å². The zero-order valence-electron chi connectivity index (χ0n) is 21.2. The van der Waals surface area contributed by atoms with E-state index >= 15 is 0 Å². The summed E-state index contributed by atoms with van der Waals surface area (Å²) in [5.41, 5.74) is -0.443. The summed E-state index contributed by atoms with van der Waals surface area (Å²) in [6.07, 6.45) is 3.09. The Morgan fingerprint density at radius 1 is 1.19 bits per heavy atom. The van der Waals surface area contributed by atoms with Gasteiger partial charge in [0.2, 0.25) is 0 Å². The van der Waals surface area contributed by atoms with Gasteiger partial charge in [-0.3, -0.25) is 4.79 Å². The van der Waals surface area contributed by atoms with E-state index in [0.29, 0.717) is 18.3 Å². The summed E-state index contributed by atoms with van der Waals surface area (Å²) in [7, 11) is -2.18. The molecule has 2 bridgehead atoms. The van der Waals surface area contributed by atoms with Gasteiger partial charge in [0.1, 0.15) is 0 Å². The molecule has 5 aliphatic rings. The number of hydrogen-bond acceptors (Lipinski definition) is 5. The molecule has 0 aromatic heterocycles. The fourth-order valence-electron chi connectivity index (χ4n) is 7.74. The molecule has 5 rings (SSSR count). The molecule has 0 radical (unpaired) electrons. The minimum atomic E-state index is -2.18. The summed E-state index contributed by atoms with van der Waals surface area (Å²) in [5.74, 6) is 0.764. The van der Waals surface area contributed by atoms with Crippen LogP contribution in [0.3, 0.4) is 0 Å². The van der Waals surface area contributed by atoms with E-state index in [1.54, 1.807) is 0 Å². The lowest BCUT2D eigenvalue weighted by molar-refractivity contribution is -0.144. The first-order valence-corrected chi connectivity index (χ1v) is 15.3. The Morgan fingerprint density at radius 2 is 1.84 bits per heavy atom. The molecule has 4 aliphatic carbocycles. The molecule has 2 spiro atoms. The van der Waals surface area contributed by atoms with E-state index in [-0.39, 0.29) is 34.2 Å². The van der Waals surface area contributed by atoms with E-state index in [1.807, 2.05) is 0 Å². The van der Waals surface area contributed by atoms with E-state index in [1.165, 1.54) is 0 Å². The first kappa shape index (κ1) is 22.6. The maximum Gasteiger partial charge on any atom is 0.509 e. The normalized spacial score (nSPS) is 46.7. The van der Waals surface area contributed by atoms with Crippen LogP contribution in [-0.2, 0) is 18.7 Å². The summed E-state index contributed by atoms with van der Waals surface area (Å²) in [6.45, 7) is 20.1. The standard InChI is InChI=1S/C26H40O5Si/c1-14-12-25-11-10-16-18(24(16,6)7)17(20(25)27)19(31-32(8,9)23(3,4)5)15(2)21-26(25,13-14)30-22(28)29-21/h12,15-19,21H,10-11,13H2,1-9H3/t15-,16+,17+,18+,19+,21+,25+,26+/m0/s1. The van der Waals surface area contributed by atoms with Crippen molar-refractivity contribution in [3.05, 3.63) is 11.6 Å². The maximum atomic E-state index is 14.7. The van der Waals surface area contributed by atoms with Gasteiger partial charge in [0, 0.05) is 18.3 Å². The van der Waals surface area contributed by atoms with Gasteiger partial charge < -0.3 is 13.9 Å². The molecule has 4 fully saturated rings. The quantitative estimate of drug-likeness (QED) is 0.292. The average Bonchev–Trinajstić information content (AvgIpc) is 2.92. The number of carbonyl (C=O) groups excluding carboxylic acids is 2. The van der Waals surface area contributed by atoms with Gasteiger partial charge in [-0.2, -0.15) is 0 Å². The molecule has 0 amide bonds. The third kappa shape index (κ3) is 2.60. The minimum Gasteiger partial charge on any atom is -0.426 e. The lowest BCUT2D eigenvalue weighted by Crippen LogP contribution is -2.56. The van der Waals surface area contributed by atoms with Crippen LogP contribution in [0.2, 0.25) is 18.1 Å². The molecule has 8 atom stereocenters.